The van der Waals surface area contributed by atoms with Gasteiger partial charge in [-0.25, -0.2) is 9.37 Å². The molecule has 0 aliphatic carbocycles. The Bertz CT molecular complexity index is 583. The van der Waals surface area contributed by atoms with Crippen LogP contribution in [-0.2, 0) is 0 Å². The van der Waals surface area contributed by atoms with Crippen LogP contribution < -0.4 is 11.1 Å². The van der Waals surface area contributed by atoms with E-state index < -0.39 is 5.82 Å². The number of nitrogens with two attached hydrogens (primary N) is 1. The Morgan fingerprint density at radius 1 is 1.33 bits per heavy atom. The van der Waals surface area contributed by atoms with E-state index in [1.807, 2.05) is 0 Å². The third-order valence-electron chi connectivity index (χ3n) is 2.32. The van der Waals surface area contributed by atoms with E-state index in [-0.39, 0.29) is 11.7 Å². The van der Waals surface area contributed by atoms with Crippen LogP contribution >= 0.6 is 0 Å². The summed E-state index contributed by atoms with van der Waals surface area (Å²) in [4.78, 5) is 19.7. The van der Waals surface area contributed by atoms with E-state index in [0.29, 0.717) is 16.9 Å². The molecule has 2 aromatic rings. The minimum atomic E-state index is -0.463. The summed E-state index contributed by atoms with van der Waals surface area (Å²) in [5.74, 6) is -0.579. The maximum atomic E-state index is 12.7. The van der Waals surface area contributed by atoms with E-state index >= 15 is 0 Å². The number of anilines is 2. The van der Waals surface area contributed by atoms with Crippen molar-refractivity contribution in [3.63, 3.8) is 0 Å². The van der Waals surface area contributed by atoms with Crippen LogP contribution in [0.15, 0.2) is 30.6 Å². The smallest absolute Gasteiger partial charge is 0.258 e. The first-order valence-electron chi connectivity index (χ1n) is 5.21. The number of carbonyl (C=O) groups is 1. The standard InChI is InChI=1S/C12H11FN4O/c1-7-10(4-9(14)6-15-7)12(18)17-11-3-2-8(13)5-16-11/h2-6H,14H2,1H3,(H,16,17,18). The van der Waals surface area contributed by atoms with Crippen LogP contribution in [0.2, 0.25) is 0 Å². The molecule has 0 atom stereocenters. The maximum absolute atomic E-state index is 12.7. The zero-order chi connectivity index (χ0) is 13.1. The number of nitrogens with zero attached hydrogens (tertiary/aromatic N) is 2. The van der Waals surface area contributed by atoms with Gasteiger partial charge in [0, 0.05) is 0 Å². The van der Waals surface area contributed by atoms with E-state index in [9.17, 15) is 9.18 Å². The number of halogens is 1. The van der Waals surface area contributed by atoms with Gasteiger partial charge in [-0.15, -0.1) is 0 Å². The SMILES string of the molecule is Cc1ncc(N)cc1C(=O)Nc1ccc(F)cn1. The average molecular weight is 246 g/mol. The molecule has 0 spiro atoms. The number of amides is 1. The molecule has 0 aliphatic rings. The number of carbonyl (C=O) groups excluding carboxylic acids is 1. The van der Waals surface area contributed by atoms with Crippen molar-refractivity contribution < 1.29 is 9.18 Å². The third-order valence-corrected chi connectivity index (χ3v) is 2.32. The summed E-state index contributed by atoms with van der Waals surface area (Å²) in [5, 5.41) is 2.54. The van der Waals surface area contributed by atoms with Gasteiger partial charge in [-0.3, -0.25) is 9.78 Å². The summed E-state index contributed by atoms with van der Waals surface area (Å²) in [7, 11) is 0. The molecule has 2 heterocycles. The molecule has 0 radical (unpaired) electrons. The van der Waals surface area contributed by atoms with Crippen LogP contribution in [0, 0.1) is 12.7 Å². The lowest BCUT2D eigenvalue weighted by atomic mass is 10.2. The highest BCUT2D eigenvalue weighted by Crippen LogP contribution is 2.12. The van der Waals surface area contributed by atoms with Crippen LogP contribution in [0.5, 0.6) is 0 Å². The summed E-state index contributed by atoms with van der Waals surface area (Å²) < 4.78 is 12.7. The number of aryl methyl sites for hydroxylation is 1. The lowest BCUT2D eigenvalue weighted by molar-refractivity contribution is 0.102. The monoisotopic (exact) mass is 246 g/mol. The highest BCUT2D eigenvalue weighted by molar-refractivity contribution is 6.04. The van der Waals surface area contributed by atoms with Gasteiger partial charge in [0.1, 0.15) is 11.6 Å². The predicted octanol–water partition coefficient (Wildman–Crippen LogP) is 1.76. The molecule has 2 rings (SSSR count). The molecule has 0 saturated heterocycles. The minimum Gasteiger partial charge on any atom is -0.397 e. The van der Waals surface area contributed by atoms with Crippen LogP contribution in [0.3, 0.4) is 0 Å². The molecule has 0 fully saturated rings. The van der Waals surface area contributed by atoms with Gasteiger partial charge in [0.05, 0.1) is 29.3 Å². The number of aromatic nitrogens is 2. The van der Waals surface area contributed by atoms with E-state index in [2.05, 4.69) is 15.3 Å². The molecule has 0 unspecified atom stereocenters. The molecule has 1 amide bonds. The van der Waals surface area contributed by atoms with Crippen molar-refractivity contribution in [2.24, 2.45) is 0 Å². The highest BCUT2D eigenvalue weighted by Gasteiger charge is 2.11. The van der Waals surface area contributed by atoms with Crippen molar-refractivity contribution in [2.75, 3.05) is 11.1 Å². The molecule has 18 heavy (non-hydrogen) atoms. The van der Waals surface area contributed by atoms with Crippen LogP contribution in [0.4, 0.5) is 15.9 Å². The van der Waals surface area contributed by atoms with E-state index in [1.54, 1.807) is 6.92 Å². The number of pyridine rings is 2. The third kappa shape index (κ3) is 2.60. The van der Waals surface area contributed by atoms with E-state index in [0.717, 1.165) is 6.20 Å². The molecule has 0 bridgehead atoms. The van der Waals surface area contributed by atoms with E-state index in [4.69, 9.17) is 5.73 Å². The largest absolute Gasteiger partial charge is 0.397 e. The van der Waals surface area contributed by atoms with Gasteiger partial charge < -0.3 is 11.1 Å². The van der Waals surface area contributed by atoms with Crippen LogP contribution in [0.25, 0.3) is 0 Å². The first-order valence-corrected chi connectivity index (χ1v) is 5.21. The molecule has 92 valence electrons. The van der Waals surface area contributed by atoms with Gasteiger partial charge in [0.25, 0.3) is 5.91 Å². The quantitative estimate of drug-likeness (QED) is 0.846. The van der Waals surface area contributed by atoms with E-state index in [1.165, 1.54) is 24.4 Å². The Morgan fingerprint density at radius 3 is 2.78 bits per heavy atom. The normalized spacial score (nSPS) is 10.1. The fraction of sp³-hybridized carbons (Fsp3) is 0.0833. The van der Waals surface area contributed by atoms with Crippen molar-refractivity contribution in [3.8, 4) is 0 Å². The lowest BCUT2D eigenvalue weighted by Gasteiger charge is -2.07. The zero-order valence-electron chi connectivity index (χ0n) is 9.64. The number of nitrogens with one attached hydrogen (secondary N) is 1. The Labute approximate surface area is 103 Å². The van der Waals surface area contributed by atoms with Crippen molar-refractivity contribution in [1.82, 2.24) is 9.97 Å². The number of rotatable bonds is 2. The van der Waals surface area contributed by atoms with Gasteiger partial charge in [-0.2, -0.15) is 0 Å². The highest BCUT2D eigenvalue weighted by atomic mass is 19.1. The maximum Gasteiger partial charge on any atom is 0.258 e. The summed E-state index contributed by atoms with van der Waals surface area (Å²) in [6, 6.07) is 4.12. The lowest BCUT2D eigenvalue weighted by Crippen LogP contribution is -2.15. The van der Waals surface area contributed by atoms with Crippen molar-refractivity contribution in [2.45, 2.75) is 6.92 Å². The topological polar surface area (TPSA) is 80.9 Å². The van der Waals surface area contributed by atoms with Crippen LogP contribution in [0.1, 0.15) is 16.1 Å². The Hall–Kier alpha value is -2.50. The molecule has 5 nitrogen and oxygen atoms in total. The molecule has 0 aliphatic heterocycles. The van der Waals surface area contributed by atoms with Gasteiger partial charge in [0.15, 0.2) is 0 Å². The Kier molecular flexibility index (Phi) is 3.18. The zero-order valence-corrected chi connectivity index (χ0v) is 9.64. The van der Waals surface area contributed by atoms with Crippen molar-refractivity contribution >= 4 is 17.4 Å². The Balaban J connectivity index is 2.21. The summed E-state index contributed by atoms with van der Waals surface area (Å²) in [6.07, 6.45) is 2.50. The van der Waals surface area contributed by atoms with Gasteiger partial charge in [-0.1, -0.05) is 0 Å². The molecular formula is C12H11FN4O. The van der Waals surface area contributed by atoms with Gasteiger partial charge >= 0.3 is 0 Å². The average Bonchev–Trinajstić information content (AvgIpc) is 2.35. The number of hydrogen-bond acceptors (Lipinski definition) is 4. The summed E-state index contributed by atoms with van der Waals surface area (Å²) in [6.45, 7) is 1.70. The first kappa shape index (κ1) is 12.0. The summed E-state index contributed by atoms with van der Waals surface area (Å²) in [5.41, 5.74) is 6.89. The molecule has 2 aromatic heterocycles. The van der Waals surface area contributed by atoms with Crippen molar-refractivity contribution in [3.05, 3.63) is 47.7 Å². The predicted molar refractivity (Wildman–Crippen MR) is 65.5 cm³/mol. The molecule has 0 saturated carbocycles. The number of nitrogen functional groups attached to an aromatic ring is 1. The van der Waals surface area contributed by atoms with Crippen molar-refractivity contribution in [1.29, 1.82) is 0 Å². The second kappa shape index (κ2) is 4.79. The van der Waals surface area contributed by atoms with Crippen LogP contribution in [-0.4, -0.2) is 15.9 Å². The first-order chi connectivity index (χ1) is 8.56. The Morgan fingerprint density at radius 2 is 2.11 bits per heavy atom. The van der Waals surface area contributed by atoms with Gasteiger partial charge in [-0.05, 0) is 25.1 Å². The fourth-order valence-corrected chi connectivity index (χ4v) is 1.41. The molecule has 6 heteroatoms. The second-order valence-corrected chi connectivity index (χ2v) is 3.72. The second-order valence-electron chi connectivity index (χ2n) is 3.72. The number of hydrogen-bond donors (Lipinski definition) is 2. The molecule has 0 aromatic carbocycles. The minimum absolute atomic E-state index is 0.267. The fourth-order valence-electron chi connectivity index (χ4n) is 1.41. The molecule has 3 N–H and O–H groups in total. The summed E-state index contributed by atoms with van der Waals surface area (Å²) >= 11 is 0. The van der Waals surface area contributed by atoms with Gasteiger partial charge in [0.2, 0.25) is 0 Å². The molecular weight excluding hydrogens is 235 g/mol.